The number of ether oxygens (including phenoxy) is 2. The van der Waals surface area contributed by atoms with Crippen LogP contribution >= 0.6 is 0 Å². The zero-order chi connectivity index (χ0) is 15.8. The minimum absolute atomic E-state index is 0.292. The van der Waals surface area contributed by atoms with Crippen molar-refractivity contribution in [3.8, 4) is 0 Å². The fraction of sp³-hybridized carbons (Fsp3) is 0.267. The number of benzene rings is 1. The average molecular weight is 291 g/mol. The lowest BCUT2D eigenvalue weighted by Gasteiger charge is -2.09. The van der Waals surface area contributed by atoms with Gasteiger partial charge in [-0.15, -0.1) is 0 Å². The second-order valence-corrected chi connectivity index (χ2v) is 4.34. The Morgan fingerprint density at radius 1 is 1.14 bits per heavy atom. The van der Waals surface area contributed by atoms with Crippen LogP contribution in [0.5, 0.6) is 0 Å². The first kappa shape index (κ1) is 16.4. The molecule has 0 unspecified atom stereocenters. The van der Waals surface area contributed by atoms with Gasteiger partial charge in [0.1, 0.15) is 0 Å². The molecule has 112 valence electrons. The highest BCUT2D eigenvalue weighted by molar-refractivity contribution is 5.91. The van der Waals surface area contributed by atoms with Crippen LogP contribution in [0.3, 0.4) is 0 Å². The summed E-state index contributed by atoms with van der Waals surface area (Å²) >= 11 is 0. The monoisotopic (exact) mass is 291 g/mol. The Bertz CT molecular complexity index is 546. The van der Waals surface area contributed by atoms with E-state index in [4.69, 9.17) is 4.74 Å². The molecule has 0 N–H and O–H groups in total. The van der Waals surface area contributed by atoms with E-state index in [0.29, 0.717) is 5.56 Å². The molecule has 1 amide bonds. The van der Waals surface area contributed by atoms with Crippen LogP contribution in [0.1, 0.15) is 15.9 Å². The predicted octanol–water partition coefficient (Wildman–Crippen LogP) is 1.12. The molecule has 1 aromatic rings. The molecule has 6 heteroatoms. The topological polar surface area (TPSA) is 72.9 Å². The molecule has 0 radical (unpaired) electrons. The normalized spacial score (nSPS) is 10.2. The highest BCUT2D eigenvalue weighted by Crippen LogP contribution is 2.07. The van der Waals surface area contributed by atoms with E-state index in [1.807, 2.05) is 0 Å². The zero-order valence-electron chi connectivity index (χ0n) is 12.2. The van der Waals surface area contributed by atoms with Crippen LogP contribution in [0.25, 0.3) is 6.08 Å². The molecule has 0 aromatic heterocycles. The van der Waals surface area contributed by atoms with Gasteiger partial charge in [0.25, 0.3) is 5.91 Å². The largest absolute Gasteiger partial charge is 0.465 e. The van der Waals surface area contributed by atoms with Crippen LogP contribution in [0.2, 0.25) is 0 Å². The Labute approximate surface area is 122 Å². The van der Waals surface area contributed by atoms with Gasteiger partial charge in [-0.3, -0.25) is 4.79 Å². The Morgan fingerprint density at radius 2 is 1.76 bits per heavy atom. The molecule has 0 spiro atoms. The number of carbonyl (C=O) groups is 3. The highest BCUT2D eigenvalue weighted by Gasteiger charge is 2.07. The number of amides is 1. The van der Waals surface area contributed by atoms with E-state index >= 15 is 0 Å². The van der Waals surface area contributed by atoms with Crippen molar-refractivity contribution in [1.29, 1.82) is 0 Å². The number of rotatable bonds is 5. The molecule has 0 atom stereocenters. The van der Waals surface area contributed by atoms with E-state index in [0.717, 1.165) is 5.56 Å². The SMILES string of the molecule is COC(=O)c1ccc(/C=C/C(=O)OCC(=O)N(C)C)cc1. The smallest absolute Gasteiger partial charge is 0.337 e. The highest BCUT2D eigenvalue weighted by atomic mass is 16.5. The third-order valence-corrected chi connectivity index (χ3v) is 2.58. The summed E-state index contributed by atoms with van der Waals surface area (Å²) in [5, 5.41) is 0. The Balaban J connectivity index is 2.54. The summed E-state index contributed by atoms with van der Waals surface area (Å²) < 4.78 is 9.36. The zero-order valence-corrected chi connectivity index (χ0v) is 12.2. The van der Waals surface area contributed by atoms with Crippen molar-refractivity contribution in [2.24, 2.45) is 0 Å². The van der Waals surface area contributed by atoms with Crippen molar-refractivity contribution in [2.75, 3.05) is 27.8 Å². The molecular weight excluding hydrogens is 274 g/mol. The van der Waals surface area contributed by atoms with Gasteiger partial charge >= 0.3 is 11.9 Å². The third kappa shape index (κ3) is 5.48. The lowest BCUT2D eigenvalue weighted by atomic mass is 10.1. The Kier molecular flexibility index (Phi) is 6.13. The quantitative estimate of drug-likeness (QED) is 0.600. The van der Waals surface area contributed by atoms with E-state index in [9.17, 15) is 14.4 Å². The van der Waals surface area contributed by atoms with Gasteiger partial charge in [0.15, 0.2) is 6.61 Å². The summed E-state index contributed by atoms with van der Waals surface area (Å²) in [7, 11) is 4.46. The van der Waals surface area contributed by atoms with Gasteiger partial charge in [0.2, 0.25) is 0 Å². The second kappa shape index (κ2) is 7.84. The van der Waals surface area contributed by atoms with Crippen molar-refractivity contribution in [2.45, 2.75) is 0 Å². The summed E-state index contributed by atoms with van der Waals surface area (Å²) in [6.07, 6.45) is 2.75. The molecule has 0 fully saturated rings. The van der Waals surface area contributed by atoms with Crippen molar-refractivity contribution >= 4 is 23.9 Å². The van der Waals surface area contributed by atoms with Crippen molar-refractivity contribution in [3.05, 3.63) is 41.5 Å². The molecule has 0 saturated heterocycles. The lowest BCUT2D eigenvalue weighted by molar-refractivity contribution is -0.146. The number of carbonyl (C=O) groups excluding carboxylic acids is 3. The molecule has 1 aromatic carbocycles. The average Bonchev–Trinajstić information content (AvgIpc) is 2.50. The fourth-order valence-corrected chi connectivity index (χ4v) is 1.32. The van der Waals surface area contributed by atoms with Crippen LogP contribution in [-0.4, -0.2) is 50.6 Å². The third-order valence-electron chi connectivity index (χ3n) is 2.58. The van der Waals surface area contributed by atoms with Gasteiger partial charge in [0, 0.05) is 20.2 Å². The molecule has 1 rings (SSSR count). The summed E-state index contributed by atoms with van der Waals surface area (Å²) in [6.45, 7) is -0.294. The first-order valence-electron chi connectivity index (χ1n) is 6.17. The fourth-order valence-electron chi connectivity index (χ4n) is 1.32. The Morgan fingerprint density at radius 3 is 2.29 bits per heavy atom. The van der Waals surface area contributed by atoms with Gasteiger partial charge in [-0.25, -0.2) is 9.59 Å². The van der Waals surface area contributed by atoms with E-state index in [1.54, 1.807) is 38.4 Å². The molecule has 0 saturated carbocycles. The number of nitrogens with zero attached hydrogens (tertiary/aromatic N) is 1. The molecule has 21 heavy (non-hydrogen) atoms. The van der Waals surface area contributed by atoms with Gasteiger partial charge in [-0.05, 0) is 23.8 Å². The number of likely N-dealkylation sites (N-methyl/N-ethyl adjacent to an activating group) is 1. The minimum atomic E-state index is -0.609. The van der Waals surface area contributed by atoms with Crippen LogP contribution in [0.4, 0.5) is 0 Å². The maximum absolute atomic E-state index is 11.4. The summed E-state index contributed by atoms with van der Waals surface area (Å²) in [5.74, 6) is -1.33. The second-order valence-electron chi connectivity index (χ2n) is 4.34. The van der Waals surface area contributed by atoms with E-state index in [2.05, 4.69) is 4.74 Å². The molecular formula is C15H17NO5. The molecule has 0 bridgehead atoms. The van der Waals surface area contributed by atoms with Gasteiger partial charge in [-0.1, -0.05) is 12.1 Å². The molecule has 0 heterocycles. The van der Waals surface area contributed by atoms with Crippen molar-refractivity contribution in [1.82, 2.24) is 4.90 Å². The van der Waals surface area contributed by atoms with Crippen molar-refractivity contribution < 1.29 is 23.9 Å². The van der Waals surface area contributed by atoms with Crippen LogP contribution in [0.15, 0.2) is 30.3 Å². The van der Waals surface area contributed by atoms with Crippen LogP contribution in [0, 0.1) is 0 Å². The number of hydrogen-bond donors (Lipinski definition) is 0. The number of hydrogen-bond acceptors (Lipinski definition) is 5. The summed E-state index contributed by atoms with van der Waals surface area (Å²) in [5.41, 5.74) is 1.15. The van der Waals surface area contributed by atoms with Gasteiger partial charge in [0.05, 0.1) is 12.7 Å². The molecule has 0 aliphatic carbocycles. The van der Waals surface area contributed by atoms with E-state index in [1.165, 1.54) is 24.2 Å². The standard InChI is InChI=1S/C15H17NO5/c1-16(2)13(17)10-21-14(18)9-6-11-4-7-12(8-5-11)15(19)20-3/h4-9H,10H2,1-3H3/b9-6+. The first-order valence-corrected chi connectivity index (χ1v) is 6.17. The van der Waals surface area contributed by atoms with Gasteiger partial charge < -0.3 is 14.4 Å². The molecule has 6 nitrogen and oxygen atoms in total. The predicted molar refractivity (Wildman–Crippen MR) is 76.5 cm³/mol. The Hall–Kier alpha value is -2.63. The summed E-state index contributed by atoms with van der Waals surface area (Å²) in [6, 6.07) is 6.51. The lowest BCUT2D eigenvalue weighted by Crippen LogP contribution is -2.27. The van der Waals surface area contributed by atoms with Crippen molar-refractivity contribution in [3.63, 3.8) is 0 Å². The van der Waals surface area contributed by atoms with E-state index < -0.39 is 11.9 Å². The summed E-state index contributed by atoms with van der Waals surface area (Å²) in [4.78, 5) is 35.2. The van der Waals surface area contributed by atoms with Gasteiger partial charge in [-0.2, -0.15) is 0 Å². The molecule has 0 aliphatic rings. The molecule has 0 aliphatic heterocycles. The van der Waals surface area contributed by atoms with E-state index in [-0.39, 0.29) is 12.5 Å². The number of methoxy groups -OCH3 is 1. The van der Waals surface area contributed by atoms with Crippen LogP contribution < -0.4 is 0 Å². The minimum Gasteiger partial charge on any atom is -0.465 e. The maximum atomic E-state index is 11.4. The maximum Gasteiger partial charge on any atom is 0.337 e. The first-order chi connectivity index (χ1) is 9.93. The number of esters is 2. The van der Waals surface area contributed by atoms with Crippen LogP contribution in [-0.2, 0) is 19.1 Å².